The van der Waals surface area contributed by atoms with Crippen LogP contribution in [0, 0.1) is 11.8 Å². The third-order valence-corrected chi connectivity index (χ3v) is 8.46. The van der Waals surface area contributed by atoms with Crippen LogP contribution in [0.2, 0.25) is 0 Å². The molecule has 3 fully saturated rings. The Morgan fingerprint density at radius 2 is 2.09 bits per heavy atom. The standard InChI is InChI=1S/C26H39BrN2O6/c1-6-9-10-13-34-25(33)19-20-23(31)29(17(5)15-30)22(26(20)14-18(27)21(19)35-26)24(32)28(12-8-3)16(4)11-7-2/h6,8,16-22,30H,1,3,7,9-15H2,2,4-5H3/t16?,17-,18?,19-,20+,21-,22?,26?/m1/s1. The summed E-state index contributed by atoms with van der Waals surface area (Å²) in [6.45, 7) is 13.5. The zero-order chi connectivity index (χ0) is 25.9. The number of aliphatic hydroxyl groups is 1. The van der Waals surface area contributed by atoms with Crippen molar-refractivity contribution in [2.24, 2.45) is 11.8 Å². The molecule has 0 saturated carbocycles. The highest BCUT2D eigenvalue weighted by molar-refractivity contribution is 9.09. The van der Waals surface area contributed by atoms with Gasteiger partial charge in [-0.3, -0.25) is 14.4 Å². The predicted molar refractivity (Wildman–Crippen MR) is 136 cm³/mol. The molecule has 0 aliphatic carbocycles. The maximum absolute atomic E-state index is 14.2. The van der Waals surface area contributed by atoms with Crippen LogP contribution in [0.25, 0.3) is 0 Å². The normalized spacial score (nSPS) is 32.8. The van der Waals surface area contributed by atoms with E-state index in [1.54, 1.807) is 24.0 Å². The number of alkyl halides is 1. The Kier molecular flexibility index (Phi) is 9.21. The average molecular weight is 556 g/mol. The van der Waals surface area contributed by atoms with E-state index in [-0.39, 0.29) is 35.9 Å². The lowest BCUT2D eigenvalue weighted by molar-refractivity contribution is -0.156. The second-order valence-corrected chi connectivity index (χ2v) is 11.1. The van der Waals surface area contributed by atoms with Crippen LogP contribution in [0.15, 0.2) is 25.3 Å². The van der Waals surface area contributed by atoms with Crippen LogP contribution in [0.3, 0.4) is 0 Å². The lowest BCUT2D eigenvalue weighted by Crippen LogP contribution is -2.59. The second kappa shape index (κ2) is 11.6. The van der Waals surface area contributed by atoms with Crippen LogP contribution in [0.4, 0.5) is 0 Å². The molecule has 2 bridgehead atoms. The summed E-state index contributed by atoms with van der Waals surface area (Å²) in [5.41, 5.74) is -1.16. The summed E-state index contributed by atoms with van der Waals surface area (Å²) < 4.78 is 12.0. The van der Waals surface area contributed by atoms with E-state index in [0.717, 1.165) is 19.3 Å². The number of hydrogen-bond acceptors (Lipinski definition) is 6. The molecule has 0 aromatic rings. The van der Waals surface area contributed by atoms with Gasteiger partial charge in [-0.15, -0.1) is 13.2 Å². The van der Waals surface area contributed by atoms with Crippen molar-refractivity contribution in [1.29, 1.82) is 0 Å². The van der Waals surface area contributed by atoms with E-state index >= 15 is 0 Å². The van der Waals surface area contributed by atoms with Gasteiger partial charge in [0.1, 0.15) is 11.6 Å². The minimum atomic E-state index is -1.16. The lowest BCUT2D eigenvalue weighted by atomic mass is 9.70. The van der Waals surface area contributed by atoms with E-state index in [4.69, 9.17) is 9.47 Å². The van der Waals surface area contributed by atoms with Crippen LogP contribution in [0.5, 0.6) is 0 Å². The molecule has 1 spiro atoms. The molecule has 35 heavy (non-hydrogen) atoms. The number of rotatable bonds is 13. The van der Waals surface area contributed by atoms with Crippen LogP contribution in [0.1, 0.15) is 52.9 Å². The van der Waals surface area contributed by atoms with Gasteiger partial charge in [-0.2, -0.15) is 0 Å². The third-order valence-electron chi connectivity index (χ3n) is 7.62. The highest BCUT2D eigenvalue weighted by Gasteiger charge is 2.77. The van der Waals surface area contributed by atoms with Gasteiger partial charge in [0.2, 0.25) is 11.8 Å². The van der Waals surface area contributed by atoms with Crippen molar-refractivity contribution >= 4 is 33.7 Å². The summed E-state index contributed by atoms with van der Waals surface area (Å²) in [7, 11) is 0. The molecule has 8 atom stereocenters. The Morgan fingerprint density at radius 1 is 1.37 bits per heavy atom. The van der Waals surface area contributed by atoms with Crippen LogP contribution >= 0.6 is 15.9 Å². The summed E-state index contributed by atoms with van der Waals surface area (Å²) in [4.78, 5) is 44.2. The number of carbonyl (C=O) groups is 3. The fraction of sp³-hybridized carbons (Fsp3) is 0.731. The third kappa shape index (κ3) is 4.83. The SMILES string of the molecule is C=CCCCOC(=O)[C@H]1[C@@H]2OC3(CC2Br)C(C(=O)N(CC=C)C(C)CCC)N([C@H](C)CO)C(=O)[C@H]13. The zero-order valence-corrected chi connectivity index (χ0v) is 22.6. The molecule has 3 aliphatic heterocycles. The number of hydrogen-bond donors (Lipinski definition) is 1. The van der Waals surface area contributed by atoms with Gasteiger partial charge in [-0.05, 0) is 39.5 Å². The van der Waals surface area contributed by atoms with Crippen molar-refractivity contribution in [2.75, 3.05) is 19.8 Å². The number of unbranched alkanes of at least 4 members (excludes halogenated alkanes) is 1. The quantitative estimate of drug-likeness (QED) is 0.163. The number of fused-ring (bicyclic) bond motifs is 1. The van der Waals surface area contributed by atoms with E-state index in [0.29, 0.717) is 19.4 Å². The number of likely N-dealkylation sites (tertiary alicyclic amines) is 1. The monoisotopic (exact) mass is 554 g/mol. The average Bonchev–Trinajstić information content (AvgIpc) is 3.42. The van der Waals surface area contributed by atoms with E-state index < -0.39 is 41.6 Å². The largest absolute Gasteiger partial charge is 0.465 e. The molecular weight excluding hydrogens is 516 g/mol. The fourth-order valence-corrected chi connectivity index (χ4v) is 6.97. The smallest absolute Gasteiger partial charge is 0.312 e. The topological polar surface area (TPSA) is 96.4 Å². The summed E-state index contributed by atoms with van der Waals surface area (Å²) in [6, 6.07) is -1.61. The van der Waals surface area contributed by atoms with E-state index in [1.165, 1.54) is 4.90 Å². The number of nitrogens with zero attached hydrogens (tertiary/aromatic N) is 2. The predicted octanol–water partition coefficient (Wildman–Crippen LogP) is 2.83. The van der Waals surface area contributed by atoms with Crippen molar-refractivity contribution in [2.45, 2.75) is 87.5 Å². The van der Waals surface area contributed by atoms with E-state index in [9.17, 15) is 19.5 Å². The van der Waals surface area contributed by atoms with Crippen LogP contribution < -0.4 is 0 Å². The van der Waals surface area contributed by atoms with Crippen molar-refractivity contribution in [3.8, 4) is 0 Å². The maximum Gasteiger partial charge on any atom is 0.312 e. The number of halogens is 1. The molecule has 9 heteroatoms. The van der Waals surface area contributed by atoms with E-state index in [1.807, 2.05) is 6.92 Å². The Hall–Kier alpha value is -1.71. The van der Waals surface area contributed by atoms with Gasteiger partial charge in [0.05, 0.1) is 37.2 Å². The number of esters is 1. The Bertz CT molecular complexity index is 837. The molecule has 8 nitrogen and oxygen atoms in total. The van der Waals surface area contributed by atoms with Crippen molar-refractivity contribution < 1.29 is 29.0 Å². The molecule has 3 heterocycles. The maximum atomic E-state index is 14.2. The molecular formula is C26H39BrN2O6. The van der Waals surface area contributed by atoms with Crippen LogP contribution in [-0.2, 0) is 23.9 Å². The number of amides is 2. The summed E-state index contributed by atoms with van der Waals surface area (Å²) in [6.07, 6.45) is 6.38. The fourth-order valence-electron chi connectivity index (χ4n) is 6.03. The first kappa shape index (κ1) is 27.9. The molecule has 3 saturated heterocycles. The summed E-state index contributed by atoms with van der Waals surface area (Å²) in [5, 5.41) is 9.99. The lowest BCUT2D eigenvalue weighted by Gasteiger charge is -2.40. The van der Waals surface area contributed by atoms with Gasteiger partial charge in [0.25, 0.3) is 0 Å². The molecule has 3 aliphatic rings. The molecule has 196 valence electrons. The zero-order valence-electron chi connectivity index (χ0n) is 21.0. The highest BCUT2D eigenvalue weighted by atomic mass is 79.9. The number of ether oxygens (including phenoxy) is 2. The van der Waals surface area contributed by atoms with Gasteiger partial charge < -0.3 is 24.4 Å². The Morgan fingerprint density at radius 3 is 2.69 bits per heavy atom. The van der Waals surface area contributed by atoms with Crippen molar-refractivity contribution in [1.82, 2.24) is 9.80 Å². The summed E-state index contributed by atoms with van der Waals surface area (Å²) in [5.74, 6) is -2.68. The summed E-state index contributed by atoms with van der Waals surface area (Å²) >= 11 is 3.65. The van der Waals surface area contributed by atoms with Crippen molar-refractivity contribution in [3.05, 3.63) is 25.3 Å². The second-order valence-electron chi connectivity index (χ2n) is 9.96. The first-order valence-corrected chi connectivity index (χ1v) is 13.5. The molecule has 2 amide bonds. The Balaban J connectivity index is 2.00. The van der Waals surface area contributed by atoms with E-state index in [2.05, 4.69) is 36.0 Å². The Labute approximate surface area is 216 Å². The first-order valence-electron chi connectivity index (χ1n) is 12.6. The molecule has 4 unspecified atom stereocenters. The van der Waals surface area contributed by atoms with Crippen molar-refractivity contribution in [3.63, 3.8) is 0 Å². The number of carbonyl (C=O) groups excluding carboxylic acids is 3. The molecule has 0 radical (unpaired) electrons. The molecule has 0 aromatic carbocycles. The minimum Gasteiger partial charge on any atom is -0.465 e. The number of allylic oxidation sites excluding steroid dienone is 1. The minimum absolute atomic E-state index is 0.0636. The molecule has 1 N–H and O–H groups in total. The first-order chi connectivity index (χ1) is 16.7. The van der Waals surface area contributed by atoms with Gasteiger partial charge in [0.15, 0.2) is 0 Å². The van der Waals surface area contributed by atoms with Gasteiger partial charge in [-0.25, -0.2) is 0 Å². The highest BCUT2D eigenvalue weighted by Crippen LogP contribution is 2.60. The van der Waals surface area contributed by atoms with Crippen LogP contribution in [-0.4, -0.2) is 87.1 Å². The molecule has 0 aromatic heterocycles. The van der Waals surface area contributed by atoms with Gasteiger partial charge >= 0.3 is 5.97 Å². The van der Waals surface area contributed by atoms with Gasteiger partial charge in [-0.1, -0.05) is 41.4 Å². The number of aliphatic hydroxyl groups excluding tert-OH is 1. The molecule has 3 rings (SSSR count). The van der Waals surface area contributed by atoms with Gasteiger partial charge in [0, 0.05) is 17.4 Å².